The molecule has 0 aliphatic heterocycles. The van der Waals surface area contributed by atoms with E-state index in [1.165, 1.54) is 6.07 Å². The van der Waals surface area contributed by atoms with E-state index < -0.39 is 6.04 Å². The molecular weight excluding hydrogens is 243 g/mol. The van der Waals surface area contributed by atoms with Gasteiger partial charge in [0.15, 0.2) is 0 Å². The van der Waals surface area contributed by atoms with E-state index in [2.05, 4.69) is 6.58 Å². The smallest absolute Gasteiger partial charge is 0.240 e. The number of rotatable bonds is 6. The topological polar surface area (TPSA) is 46.3 Å². The molecule has 2 N–H and O–H groups in total. The van der Waals surface area contributed by atoms with Crippen LogP contribution >= 0.6 is 0 Å². The summed E-state index contributed by atoms with van der Waals surface area (Å²) in [6.45, 7) is 3.88. The minimum atomic E-state index is -0.579. The third-order valence-electron chi connectivity index (χ3n) is 3.31. The molecular formula is C15H19FN2O. The molecule has 0 bridgehead atoms. The molecule has 0 aromatic heterocycles. The fourth-order valence-electron chi connectivity index (χ4n) is 2.08. The minimum absolute atomic E-state index is 0.120. The molecule has 1 aromatic carbocycles. The first-order valence-electron chi connectivity index (χ1n) is 6.54. The monoisotopic (exact) mass is 262 g/mol. The number of amides is 1. The van der Waals surface area contributed by atoms with E-state index in [9.17, 15) is 9.18 Å². The minimum Gasteiger partial charge on any atom is -0.334 e. The summed E-state index contributed by atoms with van der Waals surface area (Å²) in [5.74, 6) is -0.399. The van der Waals surface area contributed by atoms with E-state index in [-0.39, 0.29) is 17.8 Å². The van der Waals surface area contributed by atoms with Gasteiger partial charge in [-0.3, -0.25) is 4.79 Å². The van der Waals surface area contributed by atoms with Crippen LogP contribution in [-0.4, -0.2) is 22.9 Å². The zero-order valence-electron chi connectivity index (χ0n) is 10.9. The zero-order valence-corrected chi connectivity index (χ0v) is 10.9. The molecule has 1 saturated carbocycles. The van der Waals surface area contributed by atoms with Crippen molar-refractivity contribution in [2.24, 2.45) is 5.73 Å². The van der Waals surface area contributed by atoms with Gasteiger partial charge < -0.3 is 10.6 Å². The quantitative estimate of drug-likeness (QED) is 0.799. The third kappa shape index (κ3) is 3.41. The van der Waals surface area contributed by atoms with Crippen molar-refractivity contribution in [3.8, 4) is 0 Å². The summed E-state index contributed by atoms with van der Waals surface area (Å²) in [5, 5.41) is 0. The Balaban J connectivity index is 2.10. The van der Waals surface area contributed by atoms with Crippen molar-refractivity contribution in [1.29, 1.82) is 0 Å². The second kappa shape index (κ2) is 5.97. The lowest BCUT2D eigenvalue weighted by Gasteiger charge is -2.25. The highest BCUT2D eigenvalue weighted by Gasteiger charge is 2.34. The fourth-order valence-corrected chi connectivity index (χ4v) is 2.08. The number of hydrogen-bond acceptors (Lipinski definition) is 2. The summed E-state index contributed by atoms with van der Waals surface area (Å²) >= 11 is 0. The Bertz CT molecular complexity index is 471. The van der Waals surface area contributed by atoms with Crippen molar-refractivity contribution >= 4 is 5.91 Å². The zero-order chi connectivity index (χ0) is 13.8. The lowest BCUT2D eigenvalue weighted by molar-refractivity contribution is -0.133. The number of carbonyl (C=O) groups is 1. The Morgan fingerprint density at radius 1 is 1.53 bits per heavy atom. The molecule has 1 amide bonds. The van der Waals surface area contributed by atoms with Gasteiger partial charge in [0, 0.05) is 18.2 Å². The Morgan fingerprint density at radius 2 is 2.21 bits per heavy atom. The summed E-state index contributed by atoms with van der Waals surface area (Å²) in [4.78, 5) is 14.0. The standard InChI is InChI=1S/C15H19FN2O/c1-2-5-14(17)15(19)18(12-8-9-12)10-11-6-3-4-7-13(11)16/h2-4,6-7,12,14H,1,5,8-10,17H2. The molecule has 0 spiro atoms. The van der Waals surface area contributed by atoms with Gasteiger partial charge in [0.05, 0.1) is 6.04 Å². The molecule has 1 aromatic rings. The van der Waals surface area contributed by atoms with Crippen molar-refractivity contribution in [3.63, 3.8) is 0 Å². The maximum Gasteiger partial charge on any atom is 0.240 e. The van der Waals surface area contributed by atoms with E-state index in [1.807, 2.05) is 0 Å². The predicted octanol–water partition coefficient (Wildman–Crippen LogP) is 2.22. The molecule has 1 atom stereocenters. The second-order valence-electron chi connectivity index (χ2n) is 4.92. The molecule has 1 fully saturated rings. The van der Waals surface area contributed by atoms with Gasteiger partial charge in [0.2, 0.25) is 5.91 Å². The van der Waals surface area contributed by atoms with Crippen molar-refractivity contribution in [1.82, 2.24) is 4.90 Å². The Kier molecular flexibility index (Phi) is 4.32. The summed E-state index contributed by atoms with van der Waals surface area (Å²) in [5.41, 5.74) is 6.37. The highest BCUT2D eigenvalue weighted by Crippen LogP contribution is 2.29. The van der Waals surface area contributed by atoms with Gasteiger partial charge in [-0.15, -0.1) is 6.58 Å². The van der Waals surface area contributed by atoms with Gasteiger partial charge in [-0.2, -0.15) is 0 Å². The average molecular weight is 262 g/mol. The first-order valence-corrected chi connectivity index (χ1v) is 6.54. The molecule has 0 heterocycles. The Labute approximate surface area is 112 Å². The van der Waals surface area contributed by atoms with E-state index in [4.69, 9.17) is 5.73 Å². The van der Waals surface area contributed by atoms with Crippen LogP contribution in [0.25, 0.3) is 0 Å². The maximum atomic E-state index is 13.7. The highest BCUT2D eigenvalue weighted by atomic mass is 19.1. The van der Waals surface area contributed by atoms with Crippen LogP contribution in [0.1, 0.15) is 24.8 Å². The molecule has 4 heteroatoms. The first kappa shape index (κ1) is 13.7. The van der Waals surface area contributed by atoms with Crippen molar-refractivity contribution in [2.75, 3.05) is 0 Å². The van der Waals surface area contributed by atoms with Gasteiger partial charge in [0.1, 0.15) is 5.82 Å². The molecule has 1 aliphatic rings. The van der Waals surface area contributed by atoms with E-state index in [0.29, 0.717) is 18.5 Å². The van der Waals surface area contributed by atoms with Gasteiger partial charge in [0.25, 0.3) is 0 Å². The van der Waals surface area contributed by atoms with Crippen LogP contribution in [0.5, 0.6) is 0 Å². The maximum absolute atomic E-state index is 13.7. The molecule has 3 nitrogen and oxygen atoms in total. The van der Waals surface area contributed by atoms with Crippen molar-refractivity contribution in [2.45, 2.75) is 37.9 Å². The Hall–Kier alpha value is -1.68. The van der Waals surface area contributed by atoms with Gasteiger partial charge >= 0.3 is 0 Å². The van der Waals surface area contributed by atoms with Crippen molar-refractivity contribution < 1.29 is 9.18 Å². The molecule has 0 radical (unpaired) electrons. The molecule has 19 heavy (non-hydrogen) atoms. The summed E-state index contributed by atoms with van der Waals surface area (Å²) < 4.78 is 13.7. The largest absolute Gasteiger partial charge is 0.334 e. The molecule has 1 unspecified atom stereocenters. The number of nitrogens with two attached hydrogens (primary N) is 1. The van der Waals surface area contributed by atoms with Crippen LogP contribution < -0.4 is 5.73 Å². The number of nitrogens with zero attached hydrogens (tertiary/aromatic N) is 1. The average Bonchev–Trinajstić information content (AvgIpc) is 3.21. The summed E-state index contributed by atoms with van der Waals surface area (Å²) in [7, 11) is 0. The first-order chi connectivity index (χ1) is 9.13. The van der Waals surface area contributed by atoms with Crippen LogP contribution in [0.2, 0.25) is 0 Å². The summed E-state index contributed by atoms with van der Waals surface area (Å²) in [6, 6.07) is 6.17. The normalized spacial score (nSPS) is 15.9. The van der Waals surface area contributed by atoms with E-state index in [0.717, 1.165) is 12.8 Å². The summed E-state index contributed by atoms with van der Waals surface area (Å²) in [6.07, 6.45) is 4.03. The van der Waals surface area contributed by atoms with Crippen LogP contribution in [0.4, 0.5) is 4.39 Å². The number of hydrogen-bond donors (Lipinski definition) is 1. The lowest BCUT2D eigenvalue weighted by Crippen LogP contribution is -2.44. The number of halogens is 1. The van der Waals surface area contributed by atoms with Crippen LogP contribution in [0.15, 0.2) is 36.9 Å². The van der Waals surface area contributed by atoms with E-state index >= 15 is 0 Å². The number of benzene rings is 1. The van der Waals surface area contributed by atoms with Gasteiger partial charge in [-0.05, 0) is 25.3 Å². The highest BCUT2D eigenvalue weighted by molar-refractivity contribution is 5.82. The molecule has 0 saturated heterocycles. The molecule has 102 valence electrons. The van der Waals surface area contributed by atoms with Crippen LogP contribution in [0, 0.1) is 5.82 Å². The van der Waals surface area contributed by atoms with Crippen molar-refractivity contribution in [3.05, 3.63) is 48.3 Å². The Morgan fingerprint density at radius 3 is 2.79 bits per heavy atom. The lowest BCUT2D eigenvalue weighted by atomic mass is 10.1. The molecule has 1 aliphatic carbocycles. The van der Waals surface area contributed by atoms with Crippen LogP contribution in [-0.2, 0) is 11.3 Å². The molecule has 2 rings (SSSR count). The fraction of sp³-hybridized carbons (Fsp3) is 0.400. The predicted molar refractivity (Wildman–Crippen MR) is 72.8 cm³/mol. The van der Waals surface area contributed by atoms with Gasteiger partial charge in [-0.25, -0.2) is 4.39 Å². The van der Waals surface area contributed by atoms with E-state index in [1.54, 1.807) is 29.2 Å². The second-order valence-corrected chi connectivity index (χ2v) is 4.92. The SMILES string of the molecule is C=CCC(N)C(=O)N(Cc1ccccc1F)C1CC1. The van der Waals surface area contributed by atoms with Crippen LogP contribution in [0.3, 0.4) is 0 Å². The number of carbonyl (C=O) groups excluding carboxylic acids is 1. The van der Waals surface area contributed by atoms with Gasteiger partial charge in [-0.1, -0.05) is 24.3 Å². The third-order valence-corrected chi connectivity index (χ3v) is 3.31.